The monoisotopic (exact) mass is 296 g/mol. The normalized spacial score (nSPS) is 14.3. The van der Waals surface area contributed by atoms with Gasteiger partial charge in [0.2, 0.25) is 0 Å². The number of rotatable bonds is 2. The molecule has 1 aliphatic rings. The first kappa shape index (κ1) is 12.8. The molecule has 0 N–H and O–H groups in total. The predicted molar refractivity (Wildman–Crippen MR) is 85.3 cm³/mol. The van der Waals surface area contributed by atoms with Gasteiger partial charge in [-0.3, -0.25) is 9.20 Å². The summed E-state index contributed by atoms with van der Waals surface area (Å²) in [5.41, 5.74) is 5.88. The van der Waals surface area contributed by atoms with Crippen molar-refractivity contribution in [1.82, 2.24) is 9.38 Å². The lowest BCUT2D eigenvalue weighted by Gasteiger charge is -2.16. The maximum Gasteiger partial charge on any atom is 0.194 e. The average Bonchev–Trinajstić information content (AvgIpc) is 3.04. The van der Waals surface area contributed by atoms with Gasteiger partial charge in [0.25, 0.3) is 0 Å². The summed E-state index contributed by atoms with van der Waals surface area (Å²) in [4.78, 5) is 17.7. The van der Waals surface area contributed by atoms with E-state index < -0.39 is 0 Å². The van der Waals surface area contributed by atoms with Crippen molar-refractivity contribution in [3.8, 4) is 11.3 Å². The van der Waals surface area contributed by atoms with Gasteiger partial charge in [-0.25, -0.2) is 4.98 Å². The molecule has 106 valence electrons. The van der Waals surface area contributed by atoms with Crippen LogP contribution in [0.2, 0.25) is 0 Å². The summed E-state index contributed by atoms with van der Waals surface area (Å²) in [5.74, 6) is 0. The summed E-state index contributed by atoms with van der Waals surface area (Å²) in [7, 11) is 0. The average molecular weight is 296 g/mol. The Balaban J connectivity index is 1.95. The lowest BCUT2D eigenvalue weighted by atomic mass is 9.90. The molecule has 3 nitrogen and oxygen atoms in total. The van der Waals surface area contributed by atoms with E-state index in [0.717, 1.165) is 16.9 Å². The lowest BCUT2D eigenvalue weighted by molar-refractivity contribution is 0.111. The van der Waals surface area contributed by atoms with Gasteiger partial charge in [0.15, 0.2) is 11.2 Å². The second kappa shape index (κ2) is 4.81. The first-order chi connectivity index (χ1) is 10.3. The van der Waals surface area contributed by atoms with Gasteiger partial charge in [-0.1, -0.05) is 12.1 Å². The third-order valence-corrected chi connectivity index (χ3v) is 5.27. The molecule has 4 rings (SSSR count). The fourth-order valence-electron chi connectivity index (χ4n) is 3.28. The fourth-order valence-corrected chi connectivity index (χ4v) is 4.26. The second-order valence-corrected chi connectivity index (χ2v) is 6.80. The first-order valence-electron chi connectivity index (χ1n) is 7.32. The second-order valence-electron chi connectivity index (χ2n) is 5.62. The van der Waals surface area contributed by atoms with Crippen molar-refractivity contribution in [2.45, 2.75) is 32.6 Å². The minimum absolute atomic E-state index is 0.627. The van der Waals surface area contributed by atoms with Crippen molar-refractivity contribution in [3.63, 3.8) is 0 Å². The number of aryl methyl sites for hydroxylation is 3. The number of benzene rings is 1. The Morgan fingerprint density at radius 1 is 1.24 bits per heavy atom. The predicted octanol–water partition coefficient (Wildman–Crippen LogP) is 4.06. The summed E-state index contributed by atoms with van der Waals surface area (Å²) in [6.07, 6.45) is 7.47. The SMILES string of the molecule is Cc1sc2ncc(C=O)n2c1-c1ccc2c(c1)CCCC2. The van der Waals surface area contributed by atoms with Gasteiger partial charge < -0.3 is 0 Å². The summed E-state index contributed by atoms with van der Waals surface area (Å²) in [6.45, 7) is 2.10. The van der Waals surface area contributed by atoms with E-state index in [1.54, 1.807) is 17.5 Å². The molecule has 0 saturated heterocycles. The van der Waals surface area contributed by atoms with E-state index in [0.29, 0.717) is 5.69 Å². The number of thiazole rings is 1. The largest absolute Gasteiger partial charge is 0.296 e. The molecule has 0 atom stereocenters. The molecule has 0 unspecified atom stereocenters. The molecule has 0 fully saturated rings. The van der Waals surface area contributed by atoms with Gasteiger partial charge in [-0.2, -0.15) is 0 Å². The van der Waals surface area contributed by atoms with Crippen molar-refractivity contribution in [3.05, 3.63) is 46.1 Å². The summed E-state index contributed by atoms with van der Waals surface area (Å²) in [6, 6.07) is 6.75. The standard InChI is InChI=1S/C17H16N2OS/c1-11-16(19-15(10-20)9-18-17(19)21-11)14-7-6-12-4-2-3-5-13(12)8-14/h6-10H,2-5H2,1H3. The first-order valence-corrected chi connectivity index (χ1v) is 8.14. The molecule has 0 spiro atoms. The molecular formula is C17H16N2OS. The number of nitrogens with zero attached hydrogens (tertiary/aromatic N) is 2. The van der Waals surface area contributed by atoms with Crippen LogP contribution in [0.3, 0.4) is 0 Å². The van der Waals surface area contributed by atoms with Crippen LogP contribution in [0.15, 0.2) is 24.4 Å². The molecular weight excluding hydrogens is 280 g/mol. The highest BCUT2D eigenvalue weighted by atomic mass is 32.1. The molecule has 1 aliphatic carbocycles. The van der Waals surface area contributed by atoms with Crippen LogP contribution in [-0.4, -0.2) is 15.7 Å². The zero-order chi connectivity index (χ0) is 14.4. The maximum atomic E-state index is 11.3. The van der Waals surface area contributed by atoms with Gasteiger partial charge >= 0.3 is 0 Å². The minimum atomic E-state index is 0.627. The molecule has 21 heavy (non-hydrogen) atoms. The third kappa shape index (κ3) is 1.94. The summed E-state index contributed by atoms with van der Waals surface area (Å²) >= 11 is 1.64. The highest BCUT2D eigenvalue weighted by Crippen LogP contribution is 2.34. The Morgan fingerprint density at radius 3 is 2.86 bits per heavy atom. The Labute approximate surface area is 127 Å². The maximum absolute atomic E-state index is 11.3. The van der Waals surface area contributed by atoms with Crippen molar-refractivity contribution in [2.75, 3.05) is 0 Å². The van der Waals surface area contributed by atoms with E-state index in [2.05, 4.69) is 30.1 Å². The van der Waals surface area contributed by atoms with E-state index in [1.165, 1.54) is 47.3 Å². The Bertz CT molecular complexity index is 844. The van der Waals surface area contributed by atoms with Gasteiger partial charge in [-0.15, -0.1) is 11.3 Å². The Hall–Kier alpha value is -1.94. The van der Waals surface area contributed by atoms with Crippen LogP contribution in [0.4, 0.5) is 0 Å². The van der Waals surface area contributed by atoms with Crippen LogP contribution < -0.4 is 0 Å². The molecule has 0 saturated carbocycles. The molecule has 4 heteroatoms. The number of aldehydes is 1. The topological polar surface area (TPSA) is 34.4 Å². The van der Waals surface area contributed by atoms with Crippen molar-refractivity contribution in [1.29, 1.82) is 0 Å². The van der Waals surface area contributed by atoms with E-state index in [-0.39, 0.29) is 0 Å². The number of imidazole rings is 1. The van der Waals surface area contributed by atoms with Crippen LogP contribution in [0.25, 0.3) is 16.2 Å². The summed E-state index contributed by atoms with van der Waals surface area (Å²) in [5, 5.41) is 0. The van der Waals surface area contributed by atoms with Crippen molar-refractivity contribution < 1.29 is 4.79 Å². The minimum Gasteiger partial charge on any atom is -0.296 e. The zero-order valence-corrected chi connectivity index (χ0v) is 12.7. The van der Waals surface area contributed by atoms with Crippen LogP contribution in [0.5, 0.6) is 0 Å². The number of carbonyl (C=O) groups excluding carboxylic acids is 1. The number of hydrogen-bond acceptors (Lipinski definition) is 3. The van der Waals surface area contributed by atoms with E-state index in [4.69, 9.17) is 0 Å². The lowest BCUT2D eigenvalue weighted by Crippen LogP contribution is -2.03. The highest BCUT2D eigenvalue weighted by Gasteiger charge is 2.17. The van der Waals surface area contributed by atoms with E-state index in [1.807, 2.05) is 4.40 Å². The van der Waals surface area contributed by atoms with Gasteiger partial charge in [0, 0.05) is 4.88 Å². The van der Waals surface area contributed by atoms with Crippen LogP contribution in [0.1, 0.15) is 39.3 Å². The van der Waals surface area contributed by atoms with Crippen molar-refractivity contribution in [2.24, 2.45) is 0 Å². The molecule has 0 amide bonds. The van der Waals surface area contributed by atoms with Crippen molar-refractivity contribution >= 4 is 22.6 Å². The number of fused-ring (bicyclic) bond motifs is 2. The molecule has 1 aromatic carbocycles. The molecule has 3 aromatic rings. The third-order valence-electron chi connectivity index (χ3n) is 4.30. The number of aromatic nitrogens is 2. The van der Waals surface area contributed by atoms with Crippen LogP contribution in [-0.2, 0) is 12.8 Å². The van der Waals surface area contributed by atoms with Gasteiger partial charge in [0.1, 0.15) is 5.69 Å². The van der Waals surface area contributed by atoms with Crippen LogP contribution >= 0.6 is 11.3 Å². The molecule has 0 radical (unpaired) electrons. The summed E-state index contributed by atoms with van der Waals surface area (Å²) < 4.78 is 1.98. The number of carbonyl (C=O) groups is 1. The Morgan fingerprint density at radius 2 is 2.05 bits per heavy atom. The van der Waals surface area contributed by atoms with Crippen LogP contribution in [0, 0.1) is 6.92 Å². The fraction of sp³-hybridized carbons (Fsp3) is 0.294. The quantitative estimate of drug-likeness (QED) is 0.668. The molecule has 0 aliphatic heterocycles. The zero-order valence-electron chi connectivity index (χ0n) is 11.9. The smallest absolute Gasteiger partial charge is 0.194 e. The van der Waals surface area contributed by atoms with E-state index >= 15 is 0 Å². The molecule has 2 heterocycles. The van der Waals surface area contributed by atoms with Gasteiger partial charge in [0.05, 0.1) is 11.9 Å². The van der Waals surface area contributed by atoms with Gasteiger partial charge in [-0.05, 0) is 55.4 Å². The Kier molecular flexibility index (Phi) is 2.93. The molecule has 0 bridgehead atoms. The van der Waals surface area contributed by atoms with E-state index in [9.17, 15) is 4.79 Å². The number of hydrogen-bond donors (Lipinski definition) is 0. The highest BCUT2D eigenvalue weighted by molar-refractivity contribution is 7.17. The molecule has 2 aromatic heterocycles.